The van der Waals surface area contributed by atoms with E-state index in [0.29, 0.717) is 9.99 Å². The predicted molar refractivity (Wildman–Crippen MR) is 152 cm³/mol. The number of rotatable bonds is 10. The molecule has 0 unspecified atom stereocenters. The molecule has 0 radical (unpaired) electrons. The van der Waals surface area contributed by atoms with Crippen LogP contribution in [0.4, 0.5) is 22.7 Å². The lowest BCUT2D eigenvalue weighted by Crippen LogP contribution is -2.37. The predicted octanol–water partition coefficient (Wildman–Crippen LogP) is 3.96. The number of amides is 1. The van der Waals surface area contributed by atoms with Gasteiger partial charge in [-0.15, -0.1) is 0 Å². The van der Waals surface area contributed by atoms with Crippen LogP contribution in [0, 0.1) is 10.1 Å². The van der Waals surface area contributed by atoms with Gasteiger partial charge in [0.15, 0.2) is 0 Å². The molecule has 12 nitrogen and oxygen atoms in total. The summed E-state index contributed by atoms with van der Waals surface area (Å²) in [5, 5.41) is 15.3. The molecule has 0 fully saturated rings. The summed E-state index contributed by atoms with van der Waals surface area (Å²) in [6.45, 7) is -0.723. The van der Waals surface area contributed by atoms with E-state index in [1.54, 1.807) is 24.3 Å². The Morgan fingerprint density at radius 3 is 2.27 bits per heavy atom. The Kier molecular flexibility index (Phi) is 7.93. The number of carbonyl (C=O) groups excluding carboxylic acids is 1. The number of nitrogens with one attached hydrogen (secondary N) is 2. The lowest BCUT2D eigenvalue weighted by atomic mass is 10.1. The molecule has 14 heteroatoms. The number of sulfonamides is 2. The molecule has 4 aromatic rings. The zero-order valence-electron chi connectivity index (χ0n) is 21.3. The number of hydrogen-bond acceptors (Lipinski definition) is 8. The fourth-order valence-corrected chi connectivity index (χ4v) is 5.87. The first-order valence-electron chi connectivity index (χ1n) is 11.6. The van der Waals surface area contributed by atoms with E-state index in [1.807, 2.05) is 18.2 Å². The van der Waals surface area contributed by atoms with Gasteiger partial charge in [-0.1, -0.05) is 36.4 Å². The van der Waals surface area contributed by atoms with Crippen molar-refractivity contribution in [3.8, 4) is 5.75 Å². The Morgan fingerprint density at radius 2 is 1.62 bits per heavy atom. The molecular formula is C26H24N4O8S2. The van der Waals surface area contributed by atoms with Crippen LogP contribution in [0.5, 0.6) is 5.75 Å². The minimum absolute atomic E-state index is 0.0112. The smallest absolute Gasteiger partial charge is 0.271 e. The fourth-order valence-electron chi connectivity index (χ4n) is 3.93. The van der Waals surface area contributed by atoms with Gasteiger partial charge in [0.05, 0.1) is 28.9 Å². The minimum atomic E-state index is -4.07. The second-order valence-electron chi connectivity index (χ2n) is 8.59. The molecule has 0 aliphatic heterocycles. The normalized spacial score (nSPS) is 11.6. The maximum atomic E-state index is 13.0. The van der Waals surface area contributed by atoms with Gasteiger partial charge in [-0.3, -0.25) is 23.9 Å². The Hall–Kier alpha value is -4.69. The topological polar surface area (TPSA) is 165 Å². The SMILES string of the molecule is COc1ccc([N+](=O)[O-])cc1N(CC(=O)Nc1ccc(S(=O)(=O)Nc2cccc3ccccc23)cc1)S(C)(=O)=O. The Labute approximate surface area is 230 Å². The first-order valence-corrected chi connectivity index (χ1v) is 14.9. The summed E-state index contributed by atoms with van der Waals surface area (Å²) < 4.78 is 59.4. The van der Waals surface area contributed by atoms with Crippen LogP contribution in [0.25, 0.3) is 10.8 Å². The molecule has 0 bridgehead atoms. The molecule has 0 atom stereocenters. The highest BCUT2D eigenvalue weighted by molar-refractivity contribution is 7.92. The molecule has 0 heterocycles. The van der Waals surface area contributed by atoms with E-state index in [-0.39, 0.29) is 22.0 Å². The molecule has 40 heavy (non-hydrogen) atoms. The number of carbonyl (C=O) groups is 1. The van der Waals surface area contributed by atoms with Crippen LogP contribution < -0.4 is 19.1 Å². The summed E-state index contributed by atoms with van der Waals surface area (Å²) in [5.41, 5.74) is 0.0376. The van der Waals surface area contributed by atoms with Crippen molar-refractivity contribution in [1.82, 2.24) is 0 Å². The van der Waals surface area contributed by atoms with Crippen LogP contribution in [0.1, 0.15) is 0 Å². The largest absolute Gasteiger partial charge is 0.495 e. The van der Waals surface area contributed by atoms with Crippen molar-refractivity contribution >= 4 is 59.5 Å². The minimum Gasteiger partial charge on any atom is -0.495 e. The van der Waals surface area contributed by atoms with Gasteiger partial charge in [-0.25, -0.2) is 16.8 Å². The van der Waals surface area contributed by atoms with Crippen LogP contribution in [-0.4, -0.2) is 47.6 Å². The Morgan fingerprint density at radius 1 is 0.950 bits per heavy atom. The number of nitro groups is 1. The van der Waals surface area contributed by atoms with Gasteiger partial charge in [0.2, 0.25) is 15.9 Å². The first-order chi connectivity index (χ1) is 18.9. The van der Waals surface area contributed by atoms with Crippen LogP contribution in [-0.2, 0) is 24.8 Å². The number of nitrogens with zero attached hydrogens (tertiary/aromatic N) is 2. The van der Waals surface area contributed by atoms with Crippen LogP contribution >= 0.6 is 0 Å². The standard InChI is InChI=1S/C26H24N4O8S2/c1-38-25-15-12-20(30(32)33)16-24(25)29(39(2,34)35)17-26(31)27-19-10-13-21(14-11-19)40(36,37)28-23-9-5-7-18-6-3-4-8-22(18)23/h3-16,28H,17H2,1-2H3,(H,27,31). The summed E-state index contributed by atoms with van der Waals surface area (Å²) in [5.74, 6) is -0.763. The zero-order chi connectivity index (χ0) is 29.1. The van der Waals surface area contributed by atoms with Gasteiger partial charge in [0, 0.05) is 23.2 Å². The van der Waals surface area contributed by atoms with Crippen molar-refractivity contribution in [2.24, 2.45) is 0 Å². The number of non-ortho nitro benzene ring substituents is 1. The summed E-state index contributed by atoms with van der Waals surface area (Å²) in [6.07, 6.45) is 0.848. The molecule has 0 aromatic heterocycles. The van der Waals surface area contributed by atoms with Gasteiger partial charge in [0.25, 0.3) is 15.7 Å². The number of hydrogen-bond donors (Lipinski definition) is 2. The molecular weight excluding hydrogens is 560 g/mol. The number of benzene rings is 4. The monoisotopic (exact) mass is 584 g/mol. The molecule has 0 spiro atoms. The third-order valence-corrected chi connectivity index (χ3v) is 8.32. The van der Waals surface area contributed by atoms with E-state index in [1.165, 1.54) is 37.4 Å². The van der Waals surface area contributed by atoms with E-state index in [9.17, 15) is 31.7 Å². The Balaban J connectivity index is 1.52. The van der Waals surface area contributed by atoms with Crippen LogP contribution in [0.15, 0.2) is 89.8 Å². The van der Waals surface area contributed by atoms with Crippen LogP contribution in [0.2, 0.25) is 0 Å². The average molecular weight is 585 g/mol. The third kappa shape index (κ3) is 6.30. The van der Waals surface area contributed by atoms with E-state index >= 15 is 0 Å². The van der Waals surface area contributed by atoms with E-state index in [0.717, 1.165) is 29.2 Å². The second kappa shape index (κ2) is 11.2. The molecule has 208 valence electrons. The molecule has 0 aliphatic rings. The lowest BCUT2D eigenvalue weighted by Gasteiger charge is -2.23. The van der Waals surface area contributed by atoms with Gasteiger partial charge < -0.3 is 10.1 Å². The molecule has 4 aromatic carbocycles. The van der Waals surface area contributed by atoms with Crippen molar-refractivity contribution in [3.63, 3.8) is 0 Å². The molecule has 0 aliphatic carbocycles. The fraction of sp³-hybridized carbons (Fsp3) is 0.115. The maximum absolute atomic E-state index is 13.0. The lowest BCUT2D eigenvalue weighted by molar-refractivity contribution is -0.384. The van der Waals surface area contributed by atoms with Crippen molar-refractivity contribution in [1.29, 1.82) is 0 Å². The molecule has 0 saturated heterocycles. The van der Waals surface area contributed by atoms with Crippen LogP contribution in [0.3, 0.4) is 0 Å². The molecule has 2 N–H and O–H groups in total. The summed E-state index contributed by atoms with van der Waals surface area (Å²) in [6, 6.07) is 21.2. The van der Waals surface area contributed by atoms with E-state index in [2.05, 4.69) is 10.0 Å². The molecule has 1 amide bonds. The Bertz CT molecular complexity index is 1800. The number of ether oxygens (including phenoxy) is 1. The highest BCUT2D eigenvalue weighted by Gasteiger charge is 2.26. The number of fused-ring (bicyclic) bond motifs is 1. The van der Waals surface area contributed by atoms with Crippen molar-refractivity contribution in [2.75, 3.05) is 34.3 Å². The summed E-state index contributed by atoms with van der Waals surface area (Å²) in [4.78, 5) is 23.2. The number of anilines is 3. The van der Waals surface area contributed by atoms with Gasteiger partial charge in [-0.2, -0.15) is 0 Å². The van der Waals surface area contributed by atoms with Crippen molar-refractivity contribution < 1.29 is 31.3 Å². The highest BCUT2D eigenvalue weighted by Crippen LogP contribution is 2.33. The van der Waals surface area contributed by atoms with E-state index in [4.69, 9.17) is 4.74 Å². The molecule has 4 rings (SSSR count). The van der Waals surface area contributed by atoms with Crippen molar-refractivity contribution in [2.45, 2.75) is 4.90 Å². The van der Waals surface area contributed by atoms with Gasteiger partial charge in [0.1, 0.15) is 18.0 Å². The maximum Gasteiger partial charge on any atom is 0.271 e. The molecule has 0 saturated carbocycles. The second-order valence-corrected chi connectivity index (χ2v) is 12.2. The third-order valence-electron chi connectivity index (χ3n) is 5.81. The quantitative estimate of drug-likeness (QED) is 0.209. The number of methoxy groups -OCH3 is 1. The highest BCUT2D eigenvalue weighted by atomic mass is 32.2. The summed E-state index contributed by atoms with van der Waals surface area (Å²) >= 11 is 0. The van der Waals surface area contributed by atoms with Crippen molar-refractivity contribution in [3.05, 3.63) is 95.0 Å². The van der Waals surface area contributed by atoms with Gasteiger partial charge in [-0.05, 0) is 41.8 Å². The van der Waals surface area contributed by atoms with E-state index < -0.39 is 43.1 Å². The summed E-state index contributed by atoms with van der Waals surface area (Å²) in [7, 11) is -6.77. The average Bonchev–Trinajstić information content (AvgIpc) is 2.91. The zero-order valence-corrected chi connectivity index (χ0v) is 22.9. The first kappa shape index (κ1) is 28.3. The van der Waals surface area contributed by atoms with Gasteiger partial charge >= 0.3 is 0 Å². The number of nitro benzene ring substituents is 1.